The van der Waals surface area contributed by atoms with Crippen molar-refractivity contribution in [2.75, 3.05) is 20.2 Å². The highest BCUT2D eigenvalue weighted by atomic mass is 16.6. The van der Waals surface area contributed by atoms with Crippen LogP contribution >= 0.6 is 0 Å². The summed E-state index contributed by atoms with van der Waals surface area (Å²) in [6.45, 7) is 1.51. The van der Waals surface area contributed by atoms with Gasteiger partial charge in [0, 0.05) is 44.7 Å². The van der Waals surface area contributed by atoms with Crippen LogP contribution in [0.15, 0.2) is 30.3 Å². The number of benzene rings is 1. The van der Waals surface area contributed by atoms with E-state index in [1.807, 2.05) is 30.3 Å². The number of nitrogens with one attached hydrogen (secondary N) is 1. The van der Waals surface area contributed by atoms with E-state index in [1.54, 1.807) is 0 Å². The number of hydrogen-bond donors (Lipinski definition) is 5. The highest BCUT2D eigenvalue weighted by Gasteiger charge is 2.55. The van der Waals surface area contributed by atoms with Crippen LogP contribution in [0.1, 0.15) is 57.4 Å². The molecule has 2 rings (SSSR count). The van der Waals surface area contributed by atoms with Crippen molar-refractivity contribution in [2.24, 2.45) is 11.7 Å². The Labute approximate surface area is 234 Å². The average Bonchev–Trinajstić information content (AvgIpc) is 2.94. The van der Waals surface area contributed by atoms with Crippen LogP contribution in [-0.4, -0.2) is 89.2 Å². The summed E-state index contributed by atoms with van der Waals surface area (Å²) in [6, 6.07) is 9.28. The number of nitrogens with two attached hydrogens (primary N) is 1. The molecule has 0 bridgehead atoms. The molecule has 12 heteroatoms. The van der Waals surface area contributed by atoms with Crippen molar-refractivity contribution < 1.29 is 48.7 Å². The number of hydrogen-bond acceptors (Lipinski definition) is 11. The molecule has 1 aromatic carbocycles. The third kappa shape index (κ3) is 9.93. The van der Waals surface area contributed by atoms with E-state index in [2.05, 4.69) is 5.32 Å². The van der Waals surface area contributed by atoms with Crippen LogP contribution in [0, 0.1) is 5.92 Å². The third-order valence-electron chi connectivity index (χ3n) is 6.97. The van der Waals surface area contributed by atoms with Crippen LogP contribution in [-0.2, 0) is 35.2 Å². The number of ether oxygens (including phenoxy) is 3. The fourth-order valence-corrected chi connectivity index (χ4v) is 4.87. The number of aliphatic hydroxyl groups is 3. The highest BCUT2D eigenvalue weighted by molar-refractivity contribution is 5.89. The van der Waals surface area contributed by atoms with Gasteiger partial charge >= 0.3 is 12.1 Å². The van der Waals surface area contributed by atoms with E-state index >= 15 is 0 Å². The maximum atomic E-state index is 12.9. The molecule has 12 nitrogen and oxygen atoms in total. The Hall–Kier alpha value is -2.90. The zero-order valence-electron chi connectivity index (χ0n) is 23.1. The quantitative estimate of drug-likeness (QED) is 0.140. The molecule has 1 aliphatic rings. The van der Waals surface area contributed by atoms with Gasteiger partial charge in [-0.25, -0.2) is 9.59 Å². The second-order valence-corrected chi connectivity index (χ2v) is 10.2. The summed E-state index contributed by atoms with van der Waals surface area (Å²) in [4.78, 5) is 49.3. The summed E-state index contributed by atoms with van der Waals surface area (Å²) < 4.78 is 16.0. The molecule has 1 amide bonds. The van der Waals surface area contributed by atoms with Crippen molar-refractivity contribution in [1.82, 2.24) is 5.32 Å². The second-order valence-electron chi connectivity index (χ2n) is 10.2. The number of ketones is 2. The molecule has 0 radical (unpaired) electrons. The topological polar surface area (TPSA) is 195 Å². The SMILES string of the molecule is COC(=O)C1(CC(=O)CCCCCNC(=O)OCc2ccccc2)CC(O)C(CC(C)=O)C([C@@H](O)[C@H](O)CN)O1. The van der Waals surface area contributed by atoms with Gasteiger partial charge < -0.3 is 45.4 Å². The average molecular weight is 567 g/mol. The molecule has 6 N–H and O–H groups in total. The molecular formula is C28H42N2O10. The van der Waals surface area contributed by atoms with Gasteiger partial charge in [0.1, 0.15) is 24.3 Å². The highest BCUT2D eigenvalue weighted by Crippen LogP contribution is 2.40. The zero-order chi connectivity index (χ0) is 29.7. The first-order valence-corrected chi connectivity index (χ1v) is 13.5. The van der Waals surface area contributed by atoms with Gasteiger partial charge in [-0.05, 0) is 25.3 Å². The van der Waals surface area contributed by atoms with E-state index in [0.29, 0.717) is 25.8 Å². The fourth-order valence-electron chi connectivity index (χ4n) is 4.87. The van der Waals surface area contributed by atoms with E-state index < -0.39 is 54.4 Å². The minimum absolute atomic E-state index is 0.103. The van der Waals surface area contributed by atoms with Crippen molar-refractivity contribution in [3.63, 3.8) is 0 Å². The number of alkyl carbamates (subject to hydrolysis) is 1. The molecule has 40 heavy (non-hydrogen) atoms. The monoisotopic (exact) mass is 566 g/mol. The molecular weight excluding hydrogens is 524 g/mol. The van der Waals surface area contributed by atoms with Crippen molar-refractivity contribution >= 4 is 23.6 Å². The third-order valence-corrected chi connectivity index (χ3v) is 6.97. The Bertz CT molecular complexity index is 975. The number of Topliss-reactive ketones (excluding diaryl/α,β-unsaturated/α-hetero) is 2. The molecule has 4 unspecified atom stereocenters. The summed E-state index contributed by atoms with van der Waals surface area (Å²) in [5, 5.41) is 34.3. The Morgan fingerprint density at radius 3 is 2.48 bits per heavy atom. The standard InChI is InChI=1S/C28H42N2O10/c1-18(31)13-21-22(33)15-28(26(36)38-2,40-25(21)24(35)23(34)16-29)14-20(32)11-7-4-8-12-30-27(37)39-17-19-9-5-3-6-10-19/h3,5-6,9-10,21-25,33-35H,4,7-8,11-17,29H2,1-2H3,(H,30,37)/t21?,22?,23-,24+,25?,28?/m1/s1. The van der Waals surface area contributed by atoms with E-state index in [9.17, 15) is 34.5 Å². The minimum Gasteiger partial charge on any atom is -0.467 e. The minimum atomic E-state index is -1.90. The number of unbranched alkanes of at least 4 members (excludes halogenated alkanes) is 2. The lowest BCUT2D eigenvalue weighted by molar-refractivity contribution is -0.240. The first kappa shape index (κ1) is 33.3. The molecule has 0 aromatic heterocycles. The van der Waals surface area contributed by atoms with Gasteiger partial charge in [0.15, 0.2) is 5.60 Å². The number of methoxy groups -OCH3 is 1. The van der Waals surface area contributed by atoms with Crippen molar-refractivity contribution in [2.45, 2.75) is 88.5 Å². The van der Waals surface area contributed by atoms with Crippen molar-refractivity contribution in [1.29, 1.82) is 0 Å². The van der Waals surface area contributed by atoms with Gasteiger partial charge in [-0.2, -0.15) is 0 Å². The number of esters is 1. The first-order valence-electron chi connectivity index (χ1n) is 13.5. The largest absolute Gasteiger partial charge is 0.467 e. The molecule has 6 atom stereocenters. The lowest BCUT2D eigenvalue weighted by Gasteiger charge is -2.47. The Balaban J connectivity index is 1.90. The summed E-state index contributed by atoms with van der Waals surface area (Å²) in [6.07, 6.45) is -5.34. The number of carbonyl (C=O) groups excluding carboxylic acids is 4. The maximum Gasteiger partial charge on any atom is 0.407 e. The van der Waals surface area contributed by atoms with E-state index in [-0.39, 0.29) is 44.0 Å². The lowest BCUT2D eigenvalue weighted by atomic mass is 9.75. The smallest absolute Gasteiger partial charge is 0.407 e. The van der Waals surface area contributed by atoms with Gasteiger partial charge in [0.05, 0.1) is 25.4 Å². The second kappa shape index (κ2) is 16.4. The van der Waals surface area contributed by atoms with Crippen LogP contribution in [0.4, 0.5) is 4.79 Å². The molecule has 1 aromatic rings. The maximum absolute atomic E-state index is 12.9. The van der Waals surface area contributed by atoms with Gasteiger partial charge in [-0.3, -0.25) is 4.79 Å². The molecule has 224 valence electrons. The van der Waals surface area contributed by atoms with Gasteiger partial charge in [0.25, 0.3) is 0 Å². The molecule has 1 aliphatic heterocycles. The Morgan fingerprint density at radius 1 is 1.15 bits per heavy atom. The van der Waals surface area contributed by atoms with Crippen LogP contribution in [0.5, 0.6) is 0 Å². The van der Waals surface area contributed by atoms with Crippen LogP contribution in [0.25, 0.3) is 0 Å². The van der Waals surface area contributed by atoms with Crippen LogP contribution in [0.3, 0.4) is 0 Å². The van der Waals surface area contributed by atoms with Gasteiger partial charge in [0.2, 0.25) is 0 Å². The van der Waals surface area contributed by atoms with Gasteiger partial charge in [-0.1, -0.05) is 36.8 Å². The summed E-state index contributed by atoms with van der Waals surface area (Å²) >= 11 is 0. The summed E-state index contributed by atoms with van der Waals surface area (Å²) in [5.74, 6) is -2.44. The number of aliphatic hydroxyl groups excluding tert-OH is 3. The zero-order valence-corrected chi connectivity index (χ0v) is 23.1. The molecule has 0 saturated carbocycles. The van der Waals surface area contributed by atoms with E-state index in [4.69, 9.17) is 19.9 Å². The summed E-state index contributed by atoms with van der Waals surface area (Å²) in [5.41, 5.74) is 4.45. The Kier molecular flexibility index (Phi) is 13.6. The molecule has 0 aliphatic carbocycles. The van der Waals surface area contributed by atoms with E-state index in [1.165, 1.54) is 6.92 Å². The fraction of sp³-hybridized carbons (Fsp3) is 0.643. The Morgan fingerprint density at radius 2 is 1.85 bits per heavy atom. The molecule has 0 spiro atoms. The number of rotatable bonds is 16. The molecule has 1 heterocycles. The van der Waals surface area contributed by atoms with Gasteiger partial charge in [-0.15, -0.1) is 0 Å². The number of carbonyl (C=O) groups is 4. The summed E-state index contributed by atoms with van der Waals surface area (Å²) in [7, 11) is 1.12. The lowest BCUT2D eigenvalue weighted by Crippen LogP contribution is -2.62. The predicted octanol–water partition coefficient (Wildman–Crippen LogP) is 0.770. The van der Waals surface area contributed by atoms with Crippen LogP contribution in [0.2, 0.25) is 0 Å². The number of amides is 1. The van der Waals surface area contributed by atoms with Crippen molar-refractivity contribution in [3.8, 4) is 0 Å². The van der Waals surface area contributed by atoms with Crippen LogP contribution < -0.4 is 11.1 Å². The molecule has 1 fully saturated rings. The van der Waals surface area contributed by atoms with Crippen molar-refractivity contribution in [3.05, 3.63) is 35.9 Å². The first-order chi connectivity index (χ1) is 19.0. The normalized spacial score (nSPS) is 24.0. The molecule has 1 saturated heterocycles. The predicted molar refractivity (Wildman–Crippen MR) is 143 cm³/mol. The van der Waals surface area contributed by atoms with E-state index in [0.717, 1.165) is 12.7 Å².